The number of halogens is 1. The van der Waals surface area contributed by atoms with E-state index in [2.05, 4.69) is 22.2 Å². The molecule has 0 amide bonds. The van der Waals surface area contributed by atoms with E-state index >= 15 is 0 Å². The monoisotopic (exact) mass is 270 g/mol. The summed E-state index contributed by atoms with van der Waals surface area (Å²) in [5, 5.41) is 4.08. The Morgan fingerprint density at radius 2 is 2.29 bits per heavy atom. The van der Waals surface area contributed by atoms with Gasteiger partial charge in [0, 0.05) is 18.5 Å². The summed E-state index contributed by atoms with van der Waals surface area (Å²) in [7, 11) is 1.92. The van der Waals surface area contributed by atoms with Crippen molar-refractivity contribution in [3.8, 4) is 0 Å². The molecule has 0 aliphatic carbocycles. The zero-order valence-corrected chi connectivity index (χ0v) is 11.6. The lowest BCUT2D eigenvalue weighted by atomic mass is 10.3. The van der Waals surface area contributed by atoms with Crippen LogP contribution in [-0.2, 0) is 13.6 Å². The summed E-state index contributed by atoms with van der Waals surface area (Å²) in [6, 6.07) is 0.161. The summed E-state index contributed by atoms with van der Waals surface area (Å²) in [6.45, 7) is 4.91. The average Bonchev–Trinajstić information content (AvgIpc) is 2.84. The molecule has 2 rings (SSSR count). The third-order valence-electron chi connectivity index (χ3n) is 2.77. The molecule has 4 nitrogen and oxygen atoms in total. The van der Waals surface area contributed by atoms with Crippen LogP contribution in [0, 0.1) is 6.92 Å². The highest BCUT2D eigenvalue weighted by Crippen LogP contribution is 2.17. The first-order valence-corrected chi connectivity index (χ1v) is 6.64. The van der Waals surface area contributed by atoms with Crippen molar-refractivity contribution in [1.29, 1.82) is 0 Å². The molecule has 17 heavy (non-hydrogen) atoms. The minimum absolute atomic E-state index is 0.161. The molecule has 0 aliphatic heterocycles. The molecule has 2 heterocycles. The Labute approximate surface area is 110 Å². The van der Waals surface area contributed by atoms with Crippen LogP contribution < -0.4 is 5.32 Å². The molecule has 0 saturated heterocycles. The molecular formula is C11H15ClN4S. The molecule has 1 atom stereocenters. The molecule has 2 aromatic rings. The van der Waals surface area contributed by atoms with Gasteiger partial charge in [-0.25, -0.2) is 9.97 Å². The number of nitrogens with one attached hydrogen (secondary N) is 1. The van der Waals surface area contributed by atoms with E-state index < -0.39 is 0 Å². The van der Waals surface area contributed by atoms with Crippen LogP contribution in [0.15, 0.2) is 11.7 Å². The van der Waals surface area contributed by atoms with Gasteiger partial charge in [-0.3, -0.25) is 0 Å². The summed E-state index contributed by atoms with van der Waals surface area (Å²) in [6.07, 6.45) is 1.67. The van der Waals surface area contributed by atoms with Crippen LogP contribution in [0.1, 0.15) is 29.4 Å². The Hall–Kier alpha value is -0.910. The van der Waals surface area contributed by atoms with Gasteiger partial charge in [0.25, 0.3) is 0 Å². The Morgan fingerprint density at radius 1 is 1.53 bits per heavy atom. The minimum Gasteiger partial charge on any atom is -0.321 e. The molecule has 2 aromatic heterocycles. The number of rotatable bonds is 4. The van der Waals surface area contributed by atoms with Crippen molar-refractivity contribution in [3.63, 3.8) is 0 Å². The SMILES string of the molecule is Cc1ncsc1CN[C@@H](C)c1ncc(Cl)n1C. The summed E-state index contributed by atoms with van der Waals surface area (Å²) in [4.78, 5) is 9.78. The van der Waals surface area contributed by atoms with E-state index in [1.54, 1.807) is 17.5 Å². The van der Waals surface area contributed by atoms with Gasteiger partial charge in [0.05, 0.1) is 23.4 Å². The number of nitrogens with zero attached hydrogens (tertiary/aromatic N) is 3. The molecule has 0 unspecified atom stereocenters. The van der Waals surface area contributed by atoms with Crippen molar-refractivity contribution in [3.05, 3.63) is 33.3 Å². The van der Waals surface area contributed by atoms with E-state index in [1.807, 2.05) is 24.0 Å². The molecular weight excluding hydrogens is 256 g/mol. The third-order valence-corrected chi connectivity index (χ3v) is 4.05. The molecule has 1 N–H and O–H groups in total. The van der Waals surface area contributed by atoms with Gasteiger partial charge in [-0.15, -0.1) is 11.3 Å². The maximum atomic E-state index is 5.96. The van der Waals surface area contributed by atoms with Crippen LogP contribution in [0.2, 0.25) is 5.15 Å². The molecule has 0 radical (unpaired) electrons. The lowest BCUT2D eigenvalue weighted by molar-refractivity contribution is 0.532. The zero-order valence-electron chi connectivity index (χ0n) is 10.1. The number of hydrogen-bond acceptors (Lipinski definition) is 4. The maximum Gasteiger partial charge on any atom is 0.128 e. The van der Waals surface area contributed by atoms with Crippen LogP contribution >= 0.6 is 22.9 Å². The number of hydrogen-bond donors (Lipinski definition) is 1. The summed E-state index contributed by atoms with van der Waals surface area (Å²) in [5.74, 6) is 0.942. The highest BCUT2D eigenvalue weighted by molar-refractivity contribution is 7.09. The van der Waals surface area contributed by atoms with Gasteiger partial charge in [0.2, 0.25) is 0 Å². The van der Waals surface area contributed by atoms with Gasteiger partial charge < -0.3 is 9.88 Å². The molecule has 0 saturated carbocycles. The largest absolute Gasteiger partial charge is 0.321 e. The van der Waals surface area contributed by atoms with Crippen molar-refractivity contribution in [2.75, 3.05) is 0 Å². The second-order valence-electron chi connectivity index (χ2n) is 3.96. The van der Waals surface area contributed by atoms with E-state index in [4.69, 9.17) is 11.6 Å². The fraction of sp³-hybridized carbons (Fsp3) is 0.455. The summed E-state index contributed by atoms with van der Waals surface area (Å²) in [5.41, 5.74) is 2.96. The minimum atomic E-state index is 0.161. The van der Waals surface area contributed by atoms with Gasteiger partial charge in [-0.1, -0.05) is 11.6 Å². The average molecular weight is 271 g/mol. The molecule has 0 spiro atoms. The van der Waals surface area contributed by atoms with E-state index in [-0.39, 0.29) is 6.04 Å². The number of imidazole rings is 1. The van der Waals surface area contributed by atoms with E-state index in [0.29, 0.717) is 5.15 Å². The van der Waals surface area contributed by atoms with Gasteiger partial charge in [-0.05, 0) is 13.8 Å². The van der Waals surface area contributed by atoms with Gasteiger partial charge in [0.1, 0.15) is 11.0 Å². The second kappa shape index (κ2) is 5.16. The summed E-state index contributed by atoms with van der Waals surface area (Å²) >= 11 is 7.63. The van der Waals surface area contributed by atoms with E-state index in [0.717, 1.165) is 18.1 Å². The fourth-order valence-electron chi connectivity index (χ4n) is 1.64. The quantitative estimate of drug-likeness (QED) is 0.929. The zero-order chi connectivity index (χ0) is 12.4. The van der Waals surface area contributed by atoms with Crippen molar-refractivity contribution in [2.45, 2.75) is 26.4 Å². The van der Waals surface area contributed by atoms with Crippen molar-refractivity contribution in [1.82, 2.24) is 19.9 Å². The molecule has 0 bridgehead atoms. The van der Waals surface area contributed by atoms with Crippen molar-refractivity contribution < 1.29 is 0 Å². The Morgan fingerprint density at radius 3 is 2.82 bits per heavy atom. The van der Waals surface area contributed by atoms with Crippen LogP contribution in [-0.4, -0.2) is 14.5 Å². The highest BCUT2D eigenvalue weighted by atomic mass is 35.5. The number of thiazole rings is 1. The van der Waals surface area contributed by atoms with E-state index in [1.165, 1.54) is 4.88 Å². The smallest absolute Gasteiger partial charge is 0.128 e. The number of aromatic nitrogens is 3. The first-order chi connectivity index (χ1) is 8.09. The third kappa shape index (κ3) is 2.68. The lowest BCUT2D eigenvalue weighted by Gasteiger charge is -2.13. The van der Waals surface area contributed by atoms with Crippen molar-refractivity contribution >= 4 is 22.9 Å². The van der Waals surface area contributed by atoms with Crippen LogP contribution in [0.5, 0.6) is 0 Å². The highest BCUT2D eigenvalue weighted by Gasteiger charge is 2.13. The fourth-order valence-corrected chi connectivity index (χ4v) is 2.50. The van der Waals surface area contributed by atoms with Crippen LogP contribution in [0.4, 0.5) is 0 Å². The van der Waals surface area contributed by atoms with Gasteiger partial charge in [0.15, 0.2) is 0 Å². The van der Waals surface area contributed by atoms with E-state index in [9.17, 15) is 0 Å². The predicted octanol–water partition coefficient (Wildman–Crippen LogP) is 2.69. The molecule has 0 fully saturated rings. The normalized spacial score (nSPS) is 12.9. The molecule has 92 valence electrons. The topological polar surface area (TPSA) is 42.7 Å². The first kappa shape index (κ1) is 12.5. The Balaban J connectivity index is 2.00. The summed E-state index contributed by atoms with van der Waals surface area (Å²) < 4.78 is 1.89. The lowest BCUT2D eigenvalue weighted by Crippen LogP contribution is -2.21. The Bertz CT molecular complexity index is 505. The van der Waals surface area contributed by atoms with Crippen LogP contribution in [0.3, 0.4) is 0 Å². The second-order valence-corrected chi connectivity index (χ2v) is 5.29. The first-order valence-electron chi connectivity index (χ1n) is 5.39. The van der Waals surface area contributed by atoms with Crippen molar-refractivity contribution in [2.24, 2.45) is 7.05 Å². The number of aryl methyl sites for hydroxylation is 1. The maximum absolute atomic E-state index is 5.96. The molecule has 6 heteroatoms. The van der Waals surface area contributed by atoms with Gasteiger partial charge >= 0.3 is 0 Å². The van der Waals surface area contributed by atoms with Gasteiger partial charge in [-0.2, -0.15) is 0 Å². The molecule has 0 aliphatic rings. The molecule has 0 aromatic carbocycles. The standard InChI is InChI=1S/C11H15ClN4S/c1-7-9(17-6-15-7)4-13-8(2)11-14-5-10(12)16(11)3/h5-6,8,13H,4H2,1-3H3/t8-/m0/s1. The Kier molecular flexibility index (Phi) is 3.81. The van der Waals surface area contributed by atoms with Crippen LogP contribution in [0.25, 0.3) is 0 Å². The predicted molar refractivity (Wildman–Crippen MR) is 70.3 cm³/mol.